The highest BCUT2D eigenvalue weighted by atomic mass is 32.1. The van der Waals surface area contributed by atoms with E-state index in [1.165, 1.54) is 5.56 Å². The average Bonchev–Trinajstić information content (AvgIpc) is 3.20. The summed E-state index contributed by atoms with van der Waals surface area (Å²) in [4.78, 5) is 18.0. The molecule has 0 radical (unpaired) electrons. The number of carboxylic acids is 1. The number of thiazole rings is 1. The molecule has 0 spiro atoms. The molecule has 0 saturated carbocycles. The molecule has 3 heterocycles. The van der Waals surface area contributed by atoms with E-state index in [1.54, 1.807) is 29.5 Å². The molecule has 1 aliphatic heterocycles. The molecule has 2 aromatic heterocycles. The van der Waals surface area contributed by atoms with E-state index in [1.807, 2.05) is 6.20 Å². The van der Waals surface area contributed by atoms with Crippen molar-refractivity contribution in [2.45, 2.75) is 25.8 Å². The zero-order valence-electron chi connectivity index (χ0n) is 13.3. The molecule has 1 fully saturated rings. The molecule has 0 amide bonds. The van der Waals surface area contributed by atoms with Crippen molar-refractivity contribution < 1.29 is 9.90 Å². The molecule has 7 heteroatoms. The van der Waals surface area contributed by atoms with Crippen molar-refractivity contribution in [1.82, 2.24) is 14.8 Å². The number of aromatic carboxylic acids is 1. The first-order chi connectivity index (χ1) is 11.6. The highest BCUT2D eigenvalue weighted by Gasteiger charge is 2.23. The van der Waals surface area contributed by atoms with E-state index in [2.05, 4.69) is 32.8 Å². The molecule has 0 bridgehead atoms. The first-order valence-corrected chi connectivity index (χ1v) is 8.81. The number of piperidine rings is 1. The van der Waals surface area contributed by atoms with E-state index in [0.29, 0.717) is 11.6 Å². The summed E-state index contributed by atoms with van der Waals surface area (Å²) < 4.78 is 3.00. The smallest absolute Gasteiger partial charge is 0.335 e. The van der Waals surface area contributed by atoms with E-state index < -0.39 is 5.97 Å². The molecule has 1 aliphatic rings. The van der Waals surface area contributed by atoms with Crippen LogP contribution < -0.4 is 4.90 Å². The summed E-state index contributed by atoms with van der Waals surface area (Å²) in [5.41, 5.74) is 2.37. The van der Waals surface area contributed by atoms with Crippen molar-refractivity contribution in [2.24, 2.45) is 0 Å². The molecular weight excluding hydrogens is 324 g/mol. The monoisotopic (exact) mass is 342 g/mol. The van der Waals surface area contributed by atoms with Crippen LogP contribution in [0.5, 0.6) is 0 Å². The number of aromatic nitrogens is 3. The first-order valence-electron chi connectivity index (χ1n) is 8.00. The Bertz CT molecular complexity index is 893. The average molecular weight is 342 g/mol. The second-order valence-corrected chi connectivity index (χ2v) is 7.21. The zero-order valence-corrected chi connectivity index (χ0v) is 14.2. The van der Waals surface area contributed by atoms with Gasteiger partial charge in [0, 0.05) is 19.3 Å². The van der Waals surface area contributed by atoms with Gasteiger partial charge in [0.15, 0.2) is 5.13 Å². The van der Waals surface area contributed by atoms with Gasteiger partial charge in [-0.05, 0) is 43.5 Å². The Morgan fingerprint density at radius 3 is 2.79 bits per heavy atom. The quantitative estimate of drug-likeness (QED) is 0.790. The van der Waals surface area contributed by atoms with Gasteiger partial charge < -0.3 is 10.0 Å². The predicted molar refractivity (Wildman–Crippen MR) is 94.0 cm³/mol. The van der Waals surface area contributed by atoms with Gasteiger partial charge in [-0.3, -0.25) is 4.68 Å². The number of nitrogens with zero attached hydrogens (tertiary/aromatic N) is 4. The maximum absolute atomic E-state index is 11.1. The highest BCUT2D eigenvalue weighted by molar-refractivity contribution is 7.22. The van der Waals surface area contributed by atoms with Crippen LogP contribution in [0.1, 0.15) is 34.8 Å². The number of fused-ring (bicyclic) bond motifs is 1. The lowest BCUT2D eigenvalue weighted by Crippen LogP contribution is -2.34. The number of hydrogen-bond donors (Lipinski definition) is 1. The standard InChI is InChI=1S/C17H18N4O2S/c1-11-9-18-21(10-11)13-4-6-20(7-5-13)17-19-14-3-2-12(16(22)23)8-15(14)24-17/h2-3,8-10,13H,4-7H2,1H3,(H,22,23). The summed E-state index contributed by atoms with van der Waals surface area (Å²) >= 11 is 1.57. The van der Waals surface area contributed by atoms with Crippen LogP contribution in [-0.4, -0.2) is 38.9 Å². The van der Waals surface area contributed by atoms with Gasteiger partial charge in [-0.1, -0.05) is 11.3 Å². The number of rotatable bonds is 3. The minimum absolute atomic E-state index is 0.311. The lowest BCUT2D eigenvalue weighted by Gasteiger charge is -2.31. The van der Waals surface area contributed by atoms with E-state index in [0.717, 1.165) is 41.3 Å². The van der Waals surface area contributed by atoms with Crippen LogP contribution in [-0.2, 0) is 0 Å². The third-order valence-electron chi connectivity index (χ3n) is 4.46. The minimum atomic E-state index is -0.901. The van der Waals surface area contributed by atoms with Gasteiger partial charge in [0.1, 0.15) is 0 Å². The molecule has 1 aromatic carbocycles. The van der Waals surface area contributed by atoms with Crippen molar-refractivity contribution in [3.63, 3.8) is 0 Å². The Labute approximate surface area is 143 Å². The Morgan fingerprint density at radius 1 is 1.33 bits per heavy atom. The second kappa shape index (κ2) is 5.90. The molecule has 1 N–H and O–H groups in total. The van der Waals surface area contributed by atoms with Crippen LogP contribution in [0.3, 0.4) is 0 Å². The van der Waals surface area contributed by atoms with Gasteiger partial charge in [0.05, 0.1) is 28.0 Å². The minimum Gasteiger partial charge on any atom is -0.478 e. The summed E-state index contributed by atoms with van der Waals surface area (Å²) in [6.07, 6.45) is 6.08. The van der Waals surface area contributed by atoms with Crippen LogP contribution in [0.2, 0.25) is 0 Å². The fourth-order valence-electron chi connectivity index (χ4n) is 3.14. The predicted octanol–water partition coefficient (Wildman–Crippen LogP) is 3.34. The maximum Gasteiger partial charge on any atom is 0.335 e. The van der Waals surface area contributed by atoms with Crippen LogP contribution >= 0.6 is 11.3 Å². The fraction of sp³-hybridized carbons (Fsp3) is 0.353. The van der Waals surface area contributed by atoms with Crippen LogP contribution in [0.25, 0.3) is 10.2 Å². The summed E-state index contributed by atoms with van der Waals surface area (Å²) in [7, 11) is 0. The molecule has 6 nitrogen and oxygen atoms in total. The van der Waals surface area contributed by atoms with Gasteiger partial charge in [0.25, 0.3) is 0 Å². The van der Waals surface area contributed by atoms with Gasteiger partial charge in [-0.2, -0.15) is 5.10 Å². The molecule has 3 aromatic rings. The second-order valence-electron chi connectivity index (χ2n) is 6.20. The summed E-state index contributed by atoms with van der Waals surface area (Å²) in [5, 5.41) is 14.5. The van der Waals surface area contributed by atoms with E-state index >= 15 is 0 Å². The van der Waals surface area contributed by atoms with Gasteiger partial charge in [0.2, 0.25) is 0 Å². The molecule has 24 heavy (non-hydrogen) atoms. The molecule has 0 unspecified atom stereocenters. The van der Waals surface area contributed by atoms with Crippen molar-refractivity contribution in [3.8, 4) is 0 Å². The molecule has 124 valence electrons. The normalized spacial score (nSPS) is 16.0. The lowest BCUT2D eigenvalue weighted by atomic mass is 10.1. The third kappa shape index (κ3) is 2.75. The summed E-state index contributed by atoms with van der Waals surface area (Å²) in [5.74, 6) is -0.901. The van der Waals surface area contributed by atoms with Crippen molar-refractivity contribution in [2.75, 3.05) is 18.0 Å². The summed E-state index contributed by atoms with van der Waals surface area (Å²) in [6, 6.07) is 5.55. The lowest BCUT2D eigenvalue weighted by molar-refractivity contribution is 0.0697. The topological polar surface area (TPSA) is 71.2 Å². The zero-order chi connectivity index (χ0) is 16.7. The van der Waals surface area contributed by atoms with Crippen molar-refractivity contribution >= 4 is 32.7 Å². The van der Waals surface area contributed by atoms with Gasteiger partial charge in [-0.15, -0.1) is 0 Å². The maximum atomic E-state index is 11.1. The van der Waals surface area contributed by atoms with Crippen LogP contribution in [0.4, 0.5) is 5.13 Å². The fourth-order valence-corrected chi connectivity index (χ4v) is 4.19. The Hall–Kier alpha value is -2.41. The number of benzene rings is 1. The van der Waals surface area contributed by atoms with Crippen LogP contribution in [0, 0.1) is 6.92 Å². The Morgan fingerprint density at radius 2 is 2.12 bits per heavy atom. The SMILES string of the molecule is Cc1cnn(C2CCN(c3nc4ccc(C(=O)O)cc4s3)CC2)c1. The number of carbonyl (C=O) groups is 1. The molecule has 4 rings (SSSR count). The van der Waals surface area contributed by atoms with E-state index in [9.17, 15) is 4.79 Å². The number of carboxylic acid groups (broad SMARTS) is 1. The third-order valence-corrected chi connectivity index (χ3v) is 5.54. The van der Waals surface area contributed by atoms with Gasteiger partial charge in [-0.25, -0.2) is 9.78 Å². The number of hydrogen-bond acceptors (Lipinski definition) is 5. The molecular formula is C17H18N4O2S. The molecule has 0 aliphatic carbocycles. The number of aryl methyl sites for hydroxylation is 1. The molecule has 0 atom stereocenters. The Balaban J connectivity index is 1.51. The molecule has 1 saturated heterocycles. The Kier molecular flexibility index (Phi) is 3.72. The highest BCUT2D eigenvalue weighted by Crippen LogP contribution is 2.33. The first kappa shape index (κ1) is 15.1. The number of anilines is 1. The van der Waals surface area contributed by atoms with Crippen molar-refractivity contribution in [3.05, 3.63) is 41.7 Å². The summed E-state index contributed by atoms with van der Waals surface area (Å²) in [6.45, 7) is 3.94. The van der Waals surface area contributed by atoms with Crippen LogP contribution in [0.15, 0.2) is 30.6 Å². The van der Waals surface area contributed by atoms with E-state index in [-0.39, 0.29) is 0 Å². The van der Waals surface area contributed by atoms with Crippen molar-refractivity contribution in [1.29, 1.82) is 0 Å². The largest absolute Gasteiger partial charge is 0.478 e. The van der Waals surface area contributed by atoms with E-state index in [4.69, 9.17) is 5.11 Å². The van der Waals surface area contributed by atoms with Gasteiger partial charge >= 0.3 is 5.97 Å².